The summed E-state index contributed by atoms with van der Waals surface area (Å²) in [6.45, 7) is 14.0. The molecule has 0 amide bonds. The minimum atomic E-state index is -2.50. The number of hydrogen-bond acceptors (Lipinski definition) is 1. The predicted molar refractivity (Wildman–Crippen MR) is 253 cm³/mol. The van der Waals surface area contributed by atoms with E-state index in [1.807, 2.05) is 0 Å². The zero-order valence-electron chi connectivity index (χ0n) is 33.7. The van der Waals surface area contributed by atoms with E-state index in [9.17, 15) is 0 Å². The fourth-order valence-corrected chi connectivity index (χ4v) is 34.3. The van der Waals surface area contributed by atoms with Gasteiger partial charge in [-0.25, -0.2) is 0 Å². The normalized spacial score (nSPS) is 29.8. The molecular weight excluding hydrogens is 773 g/mol. The number of unbranched alkanes of at least 4 members (excludes halogenated alkanes) is 1. The monoisotopic (exact) mass is 835 g/mol. The van der Waals surface area contributed by atoms with Crippen molar-refractivity contribution in [1.29, 1.82) is 0 Å². The Morgan fingerprint density at radius 2 is 1.09 bits per heavy atom. The van der Waals surface area contributed by atoms with Gasteiger partial charge in [0.1, 0.15) is 38.5 Å². The molecule has 3 heterocycles. The number of hydrogen-bond donors (Lipinski definition) is 0. The van der Waals surface area contributed by atoms with E-state index in [0.717, 1.165) is 30.7 Å². The Balaban J connectivity index is 1.53. The Morgan fingerprint density at radius 3 is 1.57 bits per heavy atom. The van der Waals surface area contributed by atoms with Gasteiger partial charge in [0.05, 0.1) is 60.5 Å². The lowest BCUT2D eigenvalue weighted by Crippen LogP contribution is -2.43. The molecule has 3 aliphatic heterocycles. The third kappa shape index (κ3) is 6.66. The second kappa shape index (κ2) is 16.6. The average molecular weight is 837 g/mol. The number of rotatable bonds is 12. The smallest absolute Gasteiger partial charge is 0.0653 e. The molecule has 0 saturated carbocycles. The number of halogens is 2. The molecule has 0 N–H and O–H groups in total. The molecule has 0 aromatic heterocycles. The van der Waals surface area contributed by atoms with Crippen LogP contribution < -0.4 is 21.2 Å². The van der Waals surface area contributed by atoms with Crippen molar-refractivity contribution in [1.82, 2.24) is 4.44 Å². The van der Waals surface area contributed by atoms with Gasteiger partial charge in [0.25, 0.3) is 0 Å². The lowest BCUT2D eigenvalue weighted by Gasteiger charge is -2.41. The maximum Gasteiger partial charge on any atom is 0.242 e. The van der Waals surface area contributed by atoms with Crippen LogP contribution in [0.15, 0.2) is 121 Å². The minimum Gasteiger partial charge on any atom is -0.0653 e. The van der Waals surface area contributed by atoms with Crippen molar-refractivity contribution in [2.24, 2.45) is 0 Å². The van der Waals surface area contributed by atoms with Gasteiger partial charge in [0.2, 0.25) is 6.77 Å². The van der Waals surface area contributed by atoms with E-state index in [-0.39, 0.29) is 11.3 Å². The highest BCUT2D eigenvalue weighted by Crippen LogP contribution is 2.93. The first kappa shape index (κ1) is 41.1. The van der Waals surface area contributed by atoms with Crippen LogP contribution in [0, 0.1) is 0 Å². The van der Waals surface area contributed by atoms with Gasteiger partial charge in [-0.3, -0.25) is 0 Å². The van der Waals surface area contributed by atoms with Crippen molar-refractivity contribution >= 4 is 71.8 Å². The van der Waals surface area contributed by atoms with Crippen LogP contribution in [0.3, 0.4) is 0 Å². The molecule has 0 spiro atoms. The SMILES string of the molecule is CCCCN([P+](C)(c1ccccc1)c1ccc([P+]2(CC)[C@H](C)CC[C@H]2C)c([P+]2(Cl)[C@H](C)CC[C@H]2C)c1)[P+]1(Cl)[C@@H](c2ccccc2)C=C[C@H]1c1ccccc1. The number of nitrogens with zero attached hydrogens (tertiary/aromatic N) is 1. The van der Waals surface area contributed by atoms with Gasteiger partial charge in [-0.1, -0.05) is 92.2 Å². The third-order valence-electron chi connectivity index (χ3n) is 14.0. The fourth-order valence-electron chi connectivity index (χ4n) is 10.7. The molecule has 4 aromatic rings. The summed E-state index contributed by atoms with van der Waals surface area (Å²) < 4.78 is 2.96. The summed E-state index contributed by atoms with van der Waals surface area (Å²) in [5, 5.41) is 6.16. The largest absolute Gasteiger partial charge is 0.242 e. The van der Waals surface area contributed by atoms with Crippen LogP contribution in [0.4, 0.5) is 0 Å². The van der Waals surface area contributed by atoms with Crippen LogP contribution in [0.2, 0.25) is 0 Å². The first-order valence-corrected chi connectivity index (χ1v) is 30.6. The van der Waals surface area contributed by atoms with Crippen LogP contribution in [0.25, 0.3) is 0 Å². The van der Waals surface area contributed by atoms with Crippen LogP contribution >= 0.6 is 50.5 Å². The van der Waals surface area contributed by atoms with E-state index >= 15 is 0 Å². The third-order valence-corrected chi connectivity index (χ3v) is 38.1. The lowest BCUT2D eigenvalue weighted by molar-refractivity contribution is 0.624. The average Bonchev–Trinajstić information content (AvgIpc) is 3.81. The highest BCUT2D eigenvalue weighted by molar-refractivity contribution is 8.07. The van der Waals surface area contributed by atoms with Gasteiger partial charge < -0.3 is 0 Å². The molecule has 2 fully saturated rings. The summed E-state index contributed by atoms with van der Waals surface area (Å²) in [5.41, 5.74) is 5.45. The van der Waals surface area contributed by atoms with Gasteiger partial charge in [0, 0.05) is 6.07 Å². The standard InChI is InChI=1S/C47H63Cl2NP4/c1-8-10-34-50(54(49)44(40-20-14-11-15-21-40)32-33-45(54)41-22-16-12-17-23-41)51(7,42-24-18-13-19-25-42)43-30-31-46(52(9-2)36(3)26-27-37(52)4)47(35-43)53(48)38(5)28-29-39(53)6/h11-25,30-33,35-39,44-45H,8-10,26-29,34H2,1-7H3/q+4/t36-,37-,38-,39-,44-,45+,51?,54?/m1/s1. The summed E-state index contributed by atoms with van der Waals surface area (Å²) in [6, 6.07) is 41.8. The lowest BCUT2D eigenvalue weighted by atomic mass is 10.1. The Labute approximate surface area is 340 Å². The topological polar surface area (TPSA) is 3.24 Å². The summed E-state index contributed by atoms with van der Waals surface area (Å²) in [6.07, 6.45) is 13.6. The minimum absolute atomic E-state index is 0.125. The second-order valence-electron chi connectivity index (χ2n) is 16.6. The van der Waals surface area contributed by atoms with Crippen molar-refractivity contribution < 1.29 is 0 Å². The molecule has 4 aromatic carbocycles. The van der Waals surface area contributed by atoms with E-state index in [0.29, 0.717) is 11.3 Å². The summed E-state index contributed by atoms with van der Waals surface area (Å²) >= 11 is 17.2. The molecule has 0 aliphatic carbocycles. The Bertz CT molecular complexity index is 1840. The zero-order chi connectivity index (χ0) is 38.3. The first-order chi connectivity index (χ1) is 26.0. The molecule has 1 nitrogen and oxygen atoms in total. The number of benzene rings is 4. The molecule has 3 aliphatic rings. The highest BCUT2D eigenvalue weighted by Gasteiger charge is 2.70. The van der Waals surface area contributed by atoms with Crippen molar-refractivity contribution in [3.8, 4) is 0 Å². The molecule has 7 rings (SSSR count). The summed E-state index contributed by atoms with van der Waals surface area (Å²) in [4.78, 5) is 0. The quantitative estimate of drug-likeness (QED) is 0.101. The first-order valence-electron chi connectivity index (χ1n) is 20.7. The van der Waals surface area contributed by atoms with E-state index in [1.54, 1.807) is 10.6 Å². The van der Waals surface area contributed by atoms with Crippen molar-refractivity contribution in [3.63, 3.8) is 0 Å². The van der Waals surface area contributed by atoms with Gasteiger partial charge in [0.15, 0.2) is 19.3 Å². The molecule has 7 heteroatoms. The van der Waals surface area contributed by atoms with E-state index in [4.69, 9.17) is 22.5 Å². The Morgan fingerprint density at radius 1 is 0.611 bits per heavy atom. The fraction of sp³-hybridized carbons (Fsp3) is 0.447. The van der Waals surface area contributed by atoms with Crippen molar-refractivity contribution in [2.45, 2.75) is 114 Å². The van der Waals surface area contributed by atoms with Crippen LogP contribution in [-0.2, 0) is 0 Å². The molecule has 8 atom stereocenters. The van der Waals surface area contributed by atoms with E-state index < -0.39 is 28.1 Å². The summed E-state index contributed by atoms with van der Waals surface area (Å²) in [5.74, 6) is 0. The Hall–Kier alpha value is -1.12. The van der Waals surface area contributed by atoms with Crippen molar-refractivity contribution in [3.05, 3.63) is 132 Å². The Kier molecular flexibility index (Phi) is 12.6. The van der Waals surface area contributed by atoms with E-state index in [2.05, 4.69) is 174 Å². The van der Waals surface area contributed by atoms with Gasteiger partial charge in [-0.2, -0.15) is 0 Å². The zero-order valence-corrected chi connectivity index (χ0v) is 38.7. The van der Waals surface area contributed by atoms with E-state index in [1.165, 1.54) is 53.6 Å². The van der Waals surface area contributed by atoms with Gasteiger partial charge >= 0.3 is 0 Å². The molecule has 54 heavy (non-hydrogen) atoms. The molecule has 2 unspecified atom stereocenters. The number of allylic oxidation sites excluding steroid dienone is 2. The predicted octanol–water partition coefficient (Wildman–Crippen LogP) is 14.0. The van der Waals surface area contributed by atoms with Gasteiger partial charge in [-0.05, 0) is 119 Å². The van der Waals surface area contributed by atoms with Crippen LogP contribution in [0.5, 0.6) is 0 Å². The molecular formula is C47H63Cl2NP4+4. The summed E-state index contributed by atoms with van der Waals surface area (Å²) in [7, 11) is -3.77. The van der Waals surface area contributed by atoms with Crippen LogP contribution in [0.1, 0.15) is 103 Å². The van der Waals surface area contributed by atoms with Gasteiger partial charge in [-0.15, -0.1) is 0 Å². The molecule has 0 bridgehead atoms. The van der Waals surface area contributed by atoms with Crippen LogP contribution in [-0.4, -0.2) is 46.4 Å². The second-order valence-corrected chi connectivity index (χ2v) is 35.0. The maximum atomic E-state index is 8.80. The molecule has 0 radical (unpaired) electrons. The molecule has 2 saturated heterocycles. The highest BCUT2D eigenvalue weighted by atomic mass is 35.7. The molecule has 286 valence electrons. The van der Waals surface area contributed by atoms with Crippen molar-refractivity contribution in [2.75, 3.05) is 19.4 Å². The maximum absolute atomic E-state index is 8.80.